The number of nitrogens with one attached hydrogen (secondary N) is 2. The third-order valence-corrected chi connectivity index (χ3v) is 6.41. The Bertz CT molecular complexity index is 1540. The Kier molecular flexibility index (Phi) is 4.41. The van der Waals surface area contributed by atoms with Crippen LogP contribution in [0.5, 0.6) is 5.75 Å². The minimum absolute atomic E-state index is 0.202. The minimum Gasteiger partial charge on any atom is -0.490 e. The van der Waals surface area contributed by atoms with Crippen LogP contribution in [-0.4, -0.2) is 55.3 Å². The Morgan fingerprint density at radius 2 is 1.52 bits per heavy atom. The number of nitrogens with zero attached hydrogens (tertiary/aromatic N) is 1. The molecule has 3 heterocycles. The van der Waals surface area contributed by atoms with Crippen molar-refractivity contribution >= 4 is 43.6 Å². The van der Waals surface area contributed by atoms with Crippen LogP contribution < -0.4 is 4.74 Å². The molecule has 6 rings (SSSR count). The molecule has 2 N–H and O–H groups in total. The van der Waals surface area contributed by atoms with E-state index in [1.54, 1.807) is 12.1 Å². The summed E-state index contributed by atoms with van der Waals surface area (Å²) in [6, 6.07) is 8.48. The molecule has 2 aromatic heterocycles. The van der Waals surface area contributed by atoms with Gasteiger partial charge in [-0.05, 0) is 50.5 Å². The quantitative estimate of drug-likeness (QED) is 0.378. The maximum Gasteiger partial charge on any atom is 0.157 e. The van der Waals surface area contributed by atoms with Crippen molar-refractivity contribution in [3.05, 3.63) is 53.8 Å². The summed E-state index contributed by atoms with van der Waals surface area (Å²) in [6.07, 6.45) is 0. The van der Waals surface area contributed by atoms with Crippen LogP contribution in [0.15, 0.2) is 36.4 Å². The summed E-state index contributed by atoms with van der Waals surface area (Å²) < 4.78 is 56.0. The molecule has 33 heavy (non-hydrogen) atoms. The molecule has 1 saturated heterocycles. The average Bonchev–Trinajstić information content (AvgIpc) is 3.30. The van der Waals surface area contributed by atoms with Crippen LogP contribution in [0.3, 0.4) is 0 Å². The summed E-state index contributed by atoms with van der Waals surface area (Å²) >= 11 is 0. The summed E-state index contributed by atoms with van der Waals surface area (Å²) in [7, 11) is 3.98. The van der Waals surface area contributed by atoms with Crippen LogP contribution in [0, 0.1) is 22.9 Å². The number of H-pyrrole nitrogens is 2. The van der Waals surface area contributed by atoms with Gasteiger partial charge in [-0.2, -0.15) is 0 Å². The highest BCUT2D eigenvalue weighted by Gasteiger charge is 2.40. The highest BCUT2D eigenvalue weighted by atomic mass is 19.1. The molecule has 5 nitrogen and oxygen atoms in total. The lowest BCUT2D eigenvalue weighted by Gasteiger charge is -2.42. The standard InChI is InChI=1S/C25H22F3N3O2/c1-31(2)9-25(10-32-11-25)12-33-24-20-16-8-14(27)4-6-18(16)29-22(20)21(28)19-15-7-13(26)3-5-17(15)30-23(19)24/h3-8,29-30H,9-12H2,1-2H3. The molecular weight excluding hydrogens is 431 g/mol. The molecule has 3 aromatic carbocycles. The number of fused-ring (bicyclic) bond motifs is 6. The molecule has 0 saturated carbocycles. The summed E-state index contributed by atoms with van der Waals surface area (Å²) in [5.41, 5.74) is 1.61. The molecule has 1 fully saturated rings. The summed E-state index contributed by atoms with van der Waals surface area (Å²) in [5.74, 6) is -0.999. The van der Waals surface area contributed by atoms with Gasteiger partial charge in [-0.3, -0.25) is 0 Å². The molecule has 1 aliphatic heterocycles. The summed E-state index contributed by atoms with van der Waals surface area (Å²) in [6.45, 7) is 2.21. The molecule has 0 amide bonds. The predicted octanol–water partition coefficient (Wildman–Crippen LogP) is 5.33. The fourth-order valence-electron chi connectivity index (χ4n) is 5.03. The van der Waals surface area contributed by atoms with Gasteiger partial charge in [-0.1, -0.05) is 0 Å². The van der Waals surface area contributed by atoms with Crippen molar-refractivity contribution in [1.29, 1.82) is 0 Å². The van der Waals surface area contributed by atoms with E-state index in [9.17, 15) is 8.78 Å². The second-order valence-electron chi connectivity index (χ2n) is 9.29. The molecule has 0 spiro atoms. The lowest BCUT2D eigenvalue weighted by Crippen LogP contribution is -2.53. The molecule has 8 heteroatoms. The fourth-order valence-corrected chi connectivity index (χ4v) is 5.03. The summed E-state index contributed by atoms with van der Waals surface area (Å²) in [5, 5.41) is 1.65. The SMILES string of the molecule is CN(C)CC1(COc2c3[nH]c4ccc(F)cc4c3c(F)c3[nH]c4ccc(F)cc4c23)COC1. The zero-order chi connectivity index (χ0) is 22.9. The van der Waals surface area contributed by atoms with E-state index in [4.69, 9.17) is 9.47 Å². The smallest absolute Gasteiger partial charge is 0.157 e. The van der Waals surface area contributed by atoms with Crippen molar-refractivity contribution in [3.63, 3.8) is 0 Å². The predicted molar refractivity (Wildman–Crippen MR) is 122 cm³/mol. The average molecular weight is 453 g/mol. The van der Waals surface area contributed by atoms with Gasteiger partial charge in [-0.15, -0.1) is 0 Å². The normalized spacial score (nSPS) is 15.8. The summed E-state index contributed by atoms with van der Waals surface area (Å²) in [4.78, 5) is 8.36. The van der Waals surface area contributed by atoms with Crippen molar-refractivity contribution < 1.29 is 22.6 Å². The molecule has 0 radical (unpaired) electrons. The van der Waals surface area contributed by atoms with Gasteiger partial charge < -0.3 is 24.3 Å². The van der Waals surface area contributed by atoms with Crippen molar-refractivity contribution in [3.8, 4) is 5.75 Å². The first-order valence-electron chi connectivity index (χ1n) is 10.7. The number of hydrogen-bond acceptors (Lipinski definition) is 3. The Balaban J connectivity index is 1.64. The van der Waals surface area contributed by atoms with Gasteiger partial charge in [0.2, 0.25) is 0 Å². The van der Waals surface area contributed by atoms with E-state index in [1.807, 2.05) is 14.1 Å². The van der Waals surface area contributed by atoms with Gasteiger partial charge in [0.1, 0.15) is 11.6 Å². The van der Waals surface area contributed by atoms with Gasteiger partial charge >= 0.3 is 0 Å². The van der Waals surface area contributed by atoms with Gasteiger partial charge in [0.05, 0.1) is 41.7 Å². The number of ether oxygens (including phenoxy) is 2. The molecule has 170 valence electrons. The van der Waals surface area contributed by atoms with Crippen LogP contribution in [-0.2, 0) is 4.74 Å². The second-order valence-corrected chi connectivity index (χ2v) is 9.29. The van der Waals surface area contributed by atoms with Crippen molar-refractivity contribution in [2.75, 3.05) is 40.5 Å². The Labute approximate surface area is 187 Å². The first-order chi connectivity index (χ1) is 15.8. The Morgan fingerprint density at radius 3 is 2.09 bits per heavy atom. The lowest BCUT2D eigenvalue weighted by molar-refractivity contribution is -0.139. The largest absolute Gasteiger partial charge is 0.490 e. The number of rotatable bonds is 5. The van der Waals surface area contributed by atoms with Gasteiger partial charge in [-0.25, -0.2) is 13.2 Å². The first-order valence-corrected chi connectivity index (χ1v) is 10.7. The molecule has 0 aliphatic carbocycles. The first kappa shape index (κ1) is 20.4. The molecule has 0 unspecified atom stereocenters. The molecule has 5 aromatic rings. The van der Waals surface area contributed by atoms with Gasteiger partial charge in [0.25, 0.3) is 0 Å². The van der Waals surface area contributed by atoms with Crippen molar-refractivity contribution in [1.82, 2.24) is 14.9 Å². The number of halogens is 3. The van der Waals surface area contributed by atoms with E-state index >= 15 is 4.39 Å². The topological polar surface area (TPSA) is 53.3 Å². The second kappa shape index (κ2) is 7.13. The number of aromatic nitrogens is 2. The zero-order valence-corrected chi connectivity index (χ0v) is 18.2. The van der Waals surface area contributed by atoms with Crippen LogP contribution in [0.1, 0.15) is 0 Å². The molecule has 1 aliphatic rings. The monoisotopic (exact) mass is 453 g/mol. The minimum atomic E-state index is -0.532. The van der Waals surface area contributed by atoms with E-state index in [1.165, 1.54) is 24.3 Å². The van der Waals surface area contributed by atoms with E-state index in [0.717, 1.165) is 6.54 Å². The number of benzene rings is 3. The van der Waals surface area contributed by atoms with Crippen molar-refractivity contribution in [2.24, 2.45) is 5.41 Å². The van der Waals surface area contributed by atoms with Gasteiger partial charge in [0.15, 0.2) is 11.6 Å². The van der Waals surface area contributed by atoms with Crippen molar-refractivity contribution in [2.45, 2.75) is 0 Å². The van der Waals surface area contributed by atoms with E-state index in [2.05, 4.69) is 14.9 Å². The highest BCUT2D eigenvalue weighted by Crippen LogP contribution is 2.44. The van der Waals surface area contributed by atoms with Crippen LogP contribution in [0.25, 0.3) is 43.6 Å². The maximum atomic E-state index is 15.9. The zero-order valence-electron chi connectivity index (χ0n) is 18.2. The molecule has 0 bridgehead atoms. The third kappa shape index (κ3) is 3.08. The van der Waals surface area contributed by atoms with E-state index in [-0.39, 0.29) is 16.3 Å². The highest BCUT2D eigenvalue weighted by molar-refractivity contribution is 6.21. The van der Waals surface area contributed by atoms with E-state index < -0.39 is 17.5 Å². The Morgan fingerprint density at radius 1 is 0.909 bits per heavy atom. The lowest BCUT2D eigenvalue weighted by atomic mass is 9.86. The van der Waals surface area contributed by atoms with Crippen LogP contribution in [0.2, 0.25) is 0 Å². The molecule has 0 atom stereocenters. The fraction of sp³-hybridized carbons (Fsp3) is 0.280. The van der Waals surface area contributed by atoms with Crippen LogP contribution >= 0.6 is 0 Å². The van der Waals surface area contributed by atoms with Crippen LogP contribution in [0.4, 0.5) is 13.2 Å². The number of aromatic amines is 2. The molecular formula is C25H22F3N3O2. The Hall–Kier alpha value is -3.23. The third-order valence-electron chi connectivity index (χ3n) is 6.41. The number of hydrogen-bond donors (Lipinski definition) is 2. The van der Waals surface area contributed by atoms with Gasteiger partial charge in [0, 0.05) is 33.7 Å². The maximum absolute atomic E-state index is 15.9. The van der Waals surface area contributed by atoms with E-state index in [0.29, 0.717) is 58.3 Å².